The van der Waals surface area contributed by atoms with Crippen molar-refractivity contribution in [2.45, 2.75) is 26.4 Å². The van der Waals surface area contributed by atoms with Gasteiger partial charge in [-0.2, -0.15) is 0 Å². The molecule has 1 aliphatic carbocycles. The zero-order valence-electron chi connectivity index (χ0n) is 8.67. The van der Waals surface area contributed by atoms with Gasteiger partial charge in [-0.25, -0.2) is 0 Å². The fraction of sp³-hybridized carbons (Fsp3) is 0.700. The lowest BCUT2D eigenvalue weighted by atomic mass is 9.88. The van der Waals surface area contributed by atoms with Crippen LogP contribution in [0.25, 0.3) is 0 Å². The van der Waals surface area contributed by atoms with E-state index in [1.165, 1.54) is 0 Å². The topological polar surface area (TPSA) is 26.3 Å². The van der Waals surface area contributed by atoms with Crippen LogP contribution in [0.5, 0.6) is 0 Å². The van der Waals surface area contributed by atoms with Gasteiger partial charge in [-0.05, 0) is 12.7 Å². The minimum absolute atomic E-state index is 0.0000617. The average Bonchev–Trinajstić information content (AvgIpc) is 2.42. The Morgan fingerprint density at radius 3 is 2.93 bits per heavy atom. The molecule has 80 valence electrons. The van der Waals surface area contributed by atoms with Crippen LogP contribution in [0.15, 0.2) is 11.0 Å². The Hall–Kier alpha value is -0.150. The molecule has 0 saturated heterocycles. The molecule has 2 nitrogen and oxygen atoms in total. The van der Waals surface area contributed by atoms with E-state index in [0.29, 0.717) is 0 Å². The summed E-state index contributed by atoms with van der Waals surface area (Å²) in [7, 11) is 0. The third kappa shape index (κ3) is 2.45. The van der Waals surface area contributed by atoms with Crippen molar-refractivity contribution in [2.24, 2.45) is 5.41 Å². The quantitative estimate of drug-likeness (QED) is 0.555. The number of carbonyl (C=O) groups is 1. The van der Waals surface area contributed by atoms with Crippen molar-refractivity contribution >= 4 is 29.3 Å². The van der Waals surface area contributed by atoms with E-state index in [-0.39, 0.29) is 23.4 Å². The molecule has 1 atom stereocenters. The van der Waals surface area contributed by atoms with Gasteiger partial charge in [-0.15, -0.1) is 23.4 Å². The summed E-state index contributed by atoms with van der Waals surface area (Å²) in [6, 6.07) is 0. The molecular weight excluding hydrogens is 220 g/mol. The molecule has 0 heterocycles. The van der Waals surface area contributed by atoms with Crippen molar-refractivity contribution < 1.29 is 9.53 Å². The summed E-state index contributed by atoms with van der Waals surface area (Å²) >= 11 is 7.05. The summed E-state index contributed by atoms with van der Waals surface area (Å²) < 4.78 is 5.32. The van der Waals surface area contributed by atoms with Gasteiger partial charge in [0, 0.05) is 10.3 Å². The zero-order chi connectivity index (χ0) is 10.8. The molecular formula is C10H15ClO2S. The molecule has 1 rings (SSSR count). The van der Waals surface area contributed by atoms with E-state index in [4.69, 9.17) is 16.3 Å². The minimum Gasteiger partial charge on any atom is -0.455 e. The van der Waals surface area contributed by atoms with Crippen LogP contribution in [0.4, 0.5) is 0 Å². The van der Waals surface area contributed by atoms with Crippen molar-refractivity contribution in [1.29, 1.82) is 0 Å². The Labute approximate surface area is 94.0 Å². The third-order valence-electron chi connectivity index (χ3n) is 2.39. The van der Waals surface area contributed by atoms with Gasteiger partial charge in [0.15, 0.2) is 0 Å². The van der Waals surface area contributed by atoms with Gasteiger partial charge < -0.3 is 4.74 Å². The maximum atomic E-state index is 11.1. The summed E-state index contributed by atoms with van der Waals surface area (Å²) in [5.74, 6) is -0.416. The summed E-state index contributed by atoms with van der Waals surface area (Å²) in [6.45, 7) is 4.19. The van der Waals surface area contributed by atoms with Gasteiger partial charge in [0.05, 0.1) is 0 Å². The number of halogens is 1. The molecule has 4 heteroatoms. The lowest BCUT2D eigenvalue weighted by Gasteiger charge is -2.28. The van der Waals surface area contributed by atoms with Gasteiger partial charge in [-0.3, -0.25) is 4.79 Å². The fourth-order valence-corrected chi connectivity index (χ4v) is 2.43. The Bertz CT molecular complexity index is 261. The van der Waals surface area contributed by atoms with E-state index in [9.17, 15) is 4.79 Å². The zero-order valence-corrected chi connectivity index (χ0v) is 10.2. The van der Waals surface area contributed by atoms with Crippen LogP contribution in [0, 0.1) is 5.41 Å². The second-order valence-electron chi connectivity index (χ2n) is 4.01. The van der Waals surface area contributed by atoms with Gasteiger partial charge >= 0.3 is 5.97 Å². The third-order valence-corrected chi connectivity index (χ3v) is 3.46. The first-order chi connectivity index (χ1) is 6.51. The lowest BCUT2D eigenvalue weighted by Crippen LogP contribution is -2.31. The normalized spacial score (nSPS) is 24.6. The highest BCUT2D eigenvalue weighted by atomic mass is 35.5. The molecule has 0 radical (unpaired) electrons. The number of hydrogen-bond acceptors (Lipinski definition) is 3. The monoisotopic (exact) mass is 234 g/mol. The second kappa shape index (κ2) is 4.58. The predicted molar refractivity (Wildman–Crippen MR) is 60.6 cm³/mol. The predicted octanol–water partition coefficient (Wildman–Crippen LogP) is 2.81. The maximum absolute atomic E-state index is 11.1. The Morgan fingerprint density at radius 1 is 1.79 bits per heavy atom. The summed E-state index contributed by atoms with van der Waals surface area (Å²) in [4.78, 5) is 12.3. The van der Waals surface area contributed by atoms with E-state index in [2.05, 4.69) is 19.9 Å². The number of thioether (sulfide) groups is 1. The number of esters is 1. The molecule has 14 heavy (non-hydrogen) atoms. The van der Waals surface area contributed by atoms with Crippen LogP contribution >= 0.6 is 23.4 Å². The molecule has 0 aromatic heterocycles. The molecule has 0 fully saturated rings. The Balaban J connectivity index is 2.71. The maximum Gasteiger partial charge on any atom is 0.321 e. The SMILES string of the molecule is CSC1=CCC(C)(C)C1OC(=O)CCl. The molecule has 1 unspecified atom stereocenters. The Kier molecular flexibility index (Phi) is 3.90. The first-order valence-corrected chi connectivity index (χ1v) is 6.26. The molecule has 0 aliphatic heterocycles. The van der Waals surface area contributed by atoms with Crippen molar-refractivity contribution in [1.82, 2.24) is 0 Å². The number of ether oxygens (including phenoxy) is 1. The minimum atomic E-state index is -0.341. The standard InChI is InChI=1S/C10H15ClO2S/c1-10(2)5-4-7(14-3)9(10)13-8(12)6-11/h4,9H,5-6H2,1-3H3. The second-order valence-corrected chi connectivity index (χ2v) is 5.15. The molecule has 0 aromatic carbocycles. The lowest BCUT2D eigenvalue weighted by molar-refractivity contribution is -0.148. The highest BCUT2D eigenvalue weighted by Gasteiger charge is 2.38. The van der Waals surface area contributed by atoms with Crippen LogP contribution in [0.2, 0.25) is 0 Å². The number of hydrogen-bond donors (Lipinski definition) is 0. The number of allylic oxidation sites excluding steroid dienone is 1. The van der Waals surface area contributed by atoms with E-state index < -0.39 is 0 Å². The smallest absolute Gasteiger partial charge is 0.321 e. The van der Waals surface area contributed by atoms with Gasteiger partial charge in [0.1, 0.15) is 12.0 Å². The summed E-state index contributed by atoms with van der Waals surface area (Å²) in [5.41, 5.74) is 0.0000617. The van der Waals surface area contributed by atoms with Crippen molar-refractivity contribution in [3.8, 4) is 0 Å². The van der Waals surface area contributed by atoms with E-state index in [1.54, 1.807) is 11.8 Å². The molecule has 0 N–H and O–H groups in total. The molecule has 0 aromatic rings. The molecule has 1 aliphatic rings. The average molecular weight is 235 g/mol. The van der Waals surface area contributed by atoms with Gasteiger partial charge in [0.25, 0.3) is 0 Å². The van der Waals surface area contributed by atoms with Crippen LogP contribution in [-0.4, -0.2) is 24.2 Å². The molecule has 0 amide bonds. The first kappa shape index (κ1) is 11.9. The fourth-order valence-electron chi connectivity index (χ4n) is 1.53. The molecule has 0 saturated carbocycles. The Morgan fingerprint density at radius 2 is 2.43 bits per heavy atom. The van der Waals surface area contributed by atoms with E-state index in [0.717, 1.165) is 11.3 Å². The van der Waals surface area contributed by atoms with E-state index in [1.807, 2.05) is 6.26 Å². The van der Waals surface area contributed by atoms with Crippen LogP contribution in [0.1, 0.15) is 20.3 Å². The number of rotatable bonds is 3. The molecule has 0 bridgehead atoms. The highest BCUT2D eigenvalue weighted by Crippen LogP contribution is 2.42. The van der Waals surface area contributed by atoms with E-state index >= 15 is 0 Å². The molecule has 0 spiro atoms. The summed E-state index contributed by atoms with van der Waals surface area (Å²) in [5, 5.41) is 0. The largest absolute Gasteiger partial charge is 0.455 e. The van der Waals surface area contributed by atoms with Gasteiger partial charge in [-0.1, -0.05) is 19.9 Å². The van der Waals surface area contributed by atoms with Crippen molar-refractivity contribution in [3.05, 3.63) is 11.0 Å². The first-order valence-electron chi connectivity index (χ1n) is 4.50. The number of alkyl halides is 1. The van der Waals surface area contributed by atoms with Crippen molar-refractivity contribution in [2.75, 3.05) is 12.1 Å². The highest BCUT2D eigenvalue weighted by molar-refractivity contribution is 8.02. The van der Waals surface area contributed by atoms with Crippen LogP contribution < -0.4 is 0 Å². The number of carbonyl (C=O) groups excluding carboxylic acids is 1. The summed E-state index contributed by atoms with van der Waals surface area (Å²) in [6.07, 6.45) is 4.96. The van der Waals surface area contributed by atoms with Crippen LogP contribution in [-0.2, 0) is 9.53 Å². The van der Waals surface area contributed by atoms with Crippen LogP contribution in [0.3, 0.4) is 0 Å². The van der Waals surface area contributed by atoms with Gasteiger partial charge in [0.2, 0.25) is 0 Å². The van der Waals surface area contributed by atoms with Crippen molar-refractivity contribution in [3.63, 3.8) is 0 Å².